The lowest BCUT2D eigenvalue weighted by atomic mass is 10.1. The van der Waals surface area contributed by atoms with Crippen molar-refractivity contribution < 1.29 is 14.6 Å². The number of aliphatic hydroxyl groups excluding tert-OH is 1. The van der Waals surface area contributed by atoms with Gasteiger partial charge in [-0.25, -0.2) is 4.68 Å². The average Bonchev–Trinajstić information content (AvgIpc) is 3.68. The Labute approximate surface area is 229 Å². The van der Waals surface area contributed by atoms with Crippen LogP contribution in [0.5, 0.6) is 11.8 Å². The molecule has 208 valence electrons. The molecule has 0 amide bonds. The third-order valence-electron chi connectivity index (χ3n) is 7.52. The van der Waals surface area contributed by atoms with Crippen LogP contribution in [-0.4, -0.2) is 71.2 Å². The molecule has 0 bridgehead atoms. The number of aromatic nitrogens is 6. The van der Waals surface area contributed by atoms with Gasteiger partial charge in [-0.15, -0.1) is 5.10 Å². The average molecular weight is 534 g/mol. The third kappa shape index (κ3) is 5.31. The Kier molecular flexibility index (Phi) is 7.76. The molecule has 39 heavy (non-hydrogen) atoms. The molecule has 1 fully saturated rings. The lowest BCUT2D eigenvalue weighted by molar-refractivity contribution is 0.0919. The Balaban J connectivity index is 1.37. The molecular weight excluding hydrogens is 494 g/mol. The molecule has 0 saturated carbocycles. The lowest BCUT2D eigenvalue weighted by Crippen LogP contribution is -2.41. The molecule has 0 aliphatic carbocycles. The van der Waals surface area contributed by atoms with E-state index in [9.17, 15) is 5.11 Å². The van der Waals surface area contributed by atoms with E-state index in [0.717, 1.165) is 70.8 Å². The van der Waals surface area contributed by atoms with Crippen LogP contribution in [0, 0.1) is 6.92 Å². The van der Waals surface area contributed by atoms with Gasteiger partial charge in [-0.05, 0) is 70.9 Å². The number of nitrogens with zero attached hydrogens (tertiary/aromatic N) is 6. The minimum atomic E-state index is -0.0658. The molecule has 10 heteroatoms. The van der Waals surface area contributed by atoms with Crippen LogP contribution in [0.4, 0.5) is 0 Å². The first-order valence-electron chi connectivity index (χ1n) is 13.7. The van der Waals surface area contributed by atoms with Crippen LogP contribution in [-0.2, 0) is 20.1 Å². The second-order valence-corrected chi connectivity index (χ2v) is 10.6. The number of ether oxygens (including phenoxy) is 2. The molecule has 2 atom stereocenters. The molecule has 0 spiro atoms. The molecular formula is C29H39N7O3. The molecule has 5 rings (SSSR count). The van der Waals surface area contributed by atoms with E-state index in [0.29, 0.717) is 12.4 Å². The highest BCUT2D eigenvalue weighted by Crippen LogP contribution is 2.35. The van der Waals surface area contributed by atoms with Crippen LogP contribution in [0.25, 0.3) is 28.1 Å². The summed E-state index contributed by atoms with van der Waals surface area (Å²) in [4.78, 5) is 2.46. The molecule has 1 saturated heterocycles. The summed E-state index contributed by atoms with van der Waals surface area (Å²) in [5.74, 6) is 1.38. The van der Waals surface area contributed by atoms with E-state index in [1.54, 1.807) is 10.8 Å². The fourth-order valence-electron chi connectivity index (χ4n) is 5.53. The van der Waals surface area contributed by atoms with Gasteiger partial charge in [0.2, 0.25) is 11.8 Å². The molecule has 0 unspecified atom stereocenters. The molecule has 2 N–H and O–H groups in total. The summed E-state index contributed by atoms with van der Waals surface area (Å²) >= 11 is 0. The Hall–Kier alpha value is -3.63. The number of likely N-dealkylation sites (tertiary alicyclic amines) is 1. The number of aliphatic hydroxyl groups is 1. The van der Waals surface area contributed by atoms with Gasteiger partial charge in [0.25, 0.3) is 0 Å². The van der Waals surface area contributed by atoms with Crippen molar-refractivity contribution >= 4 is 17.0 Å². The molecule has 4 aromatic rings. The highest BCUT2D eigenvalue weighted by molar-refractivity contribution is 5.90. The highest BCUT2D eigenvalue weighted by Gasteiger charge is 2.33. The van der Waals surface area contributed by atoms with Crippen molar-refractivity contribution in [1.29, 1.82) is 0 Å². The number of H-pyrrole nitrogens is 1. The normalized spacial score (nSPS) is 16.8. The number of rotatable bonds is 11. The molecule has 4 heterocycles. The van der Waals surface area contributed by atoms with Crippen LogP contribution in [0.15, 0.2) is 31.0 Å². The zero-order valence-electron chi connectivity index (χ0n) is 23.5. The topological polar surface area (TPSA) is 106 Å². The second-order valence-electron chi connectivity index (χ2n) is 10.6. The molecule has 1 aromatic carbocycles. The Morgan fingerprint density at radius 2 is 2.08 bits per heavy atom. The van der Waals surface area contributed by atoms with E-state index in [4.69, 9.17) is 9.47 Å². The van der Waals surface area contributed by atoms with Crippen LogP contribution in [0.2, 0.25) is 0 Å². The maximum Gasteiger partial charge on any atom is 0.236 e. The molecule has 3 aromatic heterocycles. The zero-order chi connectivity index (χ0) is 27.7. The van der Waals surface area contributed by atoms with Crippen LogP contribution < -0.4 is 9.47 Å². The van der Waals surface area contributed by atoms with Crippen molar-refractivity contribution in [2.45, 2.75) is 71.9 Å². The number of hydrogen-bond acceptors (Lipinski definition) is 7. The summed E-state index contributed by atoms with van der Waals surface area (Å²) in [7, 11) is 1.91. The molecule has 1 aliphatic heterocycles. The number of nitrogens with one attached hydrogen (secondary N) is 1. The number of aromatic amines is 1. The monoisotopic (exact) mass is 533 g/mol. The van der Waals surface area contributed by atoms with Crippen molar-refractivity contribution in [2.75, 3.05) is 13.2 Å². The fourth-order valence-corrected chi connectivity index (χ4v) is 5.53. The van der Waals surface area contributed by atoms with E-state index in [1.807, 2.05) is 37.8 Å². The maximum absolute atomic E-state index is 9.64. The summed E-state index contributed by atoms with van der Waals surface area (Å²) in [6.07, 6.45) is 5.72. The van der Waals surface area contributed by atoms with Gasteiger partial charge in [0.1, 0.15) is 6.10 Å². The number of benzene rings is 1. The summed E-state index contributed by atoms with van der Waals surface area (Å²) in [5.41, 5.74) is 5.86. The van der Waals surface area contributed by atoms with E-state index >= 15 is 0 Å². The predicted octanol–water partition coefficient (Wildman–Crippen LogP) is 4.32. The van der Waals surface area contributed by atoms with E-state index in [1.165, 1.54) is 0 Å². The Morgan fingerprint density at radius 3 is 2.82 bits per heavy atom. The smallest absolute Gasteiger partial charge is 0.236 e. The zero-order valence-corrected chi connectivity index (χ0v) is 23.5. The van der Waals surface area contributed by atoms with Gasteiger partial charge >= 0.3 is 0 Å². The number of aryl methyl sites for hydroxylation is 1. The number of hydrogen-bond donors (Lipinski definition) is 2. The lowest BCUT2D eigenvalue weighted by Gasteiger charge is -2.30. The summed E-state index contributed by atoms with van der Waals surface area (Å²) < 4.78 is 16.3. The third-order valence-corrected chi connectivity index (χ3v) is 7.52. The van der Waals surface area contributed by atoms with E-state index in [2.05, 4.69) is 57.9 Å². The van der Waals surface area contributed by atoms with Crippen molar-refractivity contribution in [1.82, 2.24) is 34.7 Å². The van der Waals surface area contributed by atoms with Gasteiger partial charge in [-0.1, -0.05) is 12.6 Å². The summed E-state index contributed by atoms with van der Waals surface area (Å²) in [6, 6.07) is 6.42. The minimum absolute atomic E-state index is 0.0281. The first kappa shape index (κ1) is 27.0. The van der Waals surface area contributed by atoms with Gasteiger partial charge in [0.15, 0.2) is 0 Å². The Bertz CT molecular complexity index is 1450. The van der Waals surface area contributed by atoms with Crippen molar-refractivity contribution in [2.24, 2.45) is 7.05 Å². The van der Waals surface area contributed by atoms with Gasteiger partial charge in [0, 0.05) is 30.6 Å². The molecule has 1 aliphatic rings. The van der Waals surface area contributed by atoms with Crippen molar-refractivity contribution in [3.63, 3.8) is 0 Å². The minimum Gasteiger partial charge on any atom is -0.474 e. The SMILES string of the molecule is C=Cc1n[nH]c2ccc(-c3cnn(C)c3O[C@H](C)[C@H]3CCCN3Cc3c(C)c(OC(C)C)nn3CCO)cc12. The summed E-state index contributed by atoms with van der Waals surface area (Å²) in [5, 5.41) is 27.2. The van der Waals surface area contributed by atoms with Crippen LogP contribution in [0.3, 0.4) is 0 Å². The van der Waals surface area contributed by atoms with Gasteiger partial charge < -0.3 is 14.6 Å². The second kappa shape index (κ2) is 11.2. The first-order chi connectivity index (χ1) is 18.8. The summed E-state index contributed by atoms with van der Waals surface area (Å²) in [6.45, 7) is 14.2. The van der Waals surface area contributed by atoms with E-state index < -0.39 is 0 Å². The quantitative estimate of drug-likeness (QED) is 0.296. The van der Waals surface area contributed by atoms with Gasteiger partial charge in [-0.2, -0.15) is 10.2 Å². The van der Waals surface area contributed by atoms with Crippen LogP contribution in [0.1, 0.15) is 50.6 Å². The fraction of sp³-hybridized carbons (Fsp3) is 0.483. The predicted molar refractivity (Wildman–Crippen MR) is 152 cm³/mol. The first-order valence-corrected chi connectivity index (χ1v) is 13.7. The number of fused-ring (bicyclic) bond motifs is 1. The van der Waals surface area contributed by atoms with E-state index in [-0.39, 0.29) is 24.9 Å². The van der Waals surface area contributed by atoms with Crippen molar-refractivity contribution in [3.05, 3.63) is 47.9 Å². The van der Waals surface area contributed by atoms with Gasteiger partial charge in [-0.3, -0.25) is 14.7 Å². The molecule has 10 nitrogen and oxygen atoms in total. The maximum atomic E-state index is 9.64. The Morgan fingerprint density at radius 1 is 1.26 bits per heavy atom. The standard InChI is InChI=1S/C29H39N7O3/c1-7-24-22-15-21(10-11-25(22)32-31-24)23-16-30-34(6)29(23)39-20(5)26-9-8-12-35(26)17-27-19(4)28(38-18(2)3)33-36(27)13-14-37/h7,10-11,15-16,18,20,26,37H,1,8-9,12-14,17H2,2-6H3,(H,31,32)/t20-,26-/m1/s1. The molecule has 0 radical (unpaired) electrons. The van der Waals surface area contributed by atoms with Crippen molar-refractivity contribution in [3.8, 4) is 22.9 Å². The largest absolute Gasteiger partial charge is 0.474 e. The van der Waals surface area contributed by atoms with Gasteiger partial charge in [0.05, 0.1) is 47.9 Å². The van der Waals surface area contributed by atoms with Crippen LogP contribution >= 0.6 is 0 Å². The highest BCUT2D eigenvalue weighted by atomic mass is 16.5.